The zero-order valence-corrected chi connectivity index (χ0v) is 12.7. The number of nitrogens with one attached hydrogen (secondary N) is 1. The molecule has 0 aliphatic heterocycles. The van der Waals surface area contributed by atoms with E-state index >= 15 is 0 Å². The van der Waals surface area contributed by atoms with Crippen LogP contribution in [0.15, 0.2) is 28.1 Å². The largest absolute Gasteiger partial charge is 0.367 e. The fourth-order valence-electron chi connectivity index (χ4n) is 1.32. The van der Waals surface area contributed by atoms with Gasteiger partial charge in [0.1, 0.15) is 11.5 Å². The van der Waals surface area contributed by atoms with E-state index in [0.29, 0.717) is 6.54 Å². The van der Waals surface area contributed by atoms with Gasteiger partial charge in [-0.05, 0) is 48.0 Å². The van der Waals surface area contributed by atoms with Crippen LogP contribution in [-0.2, 0) is 0 Å². The number of aromatic nitrogens is 2. The Morgan fingerprint density at radius 3 is 2.67 bits per heavy atom. The predicted molar refractivity (Wildman–Crippen MR) is 79.8 cm³/mol. The molecule has 2 aromatic rings. The summed E-state index contributed by atoms with van der Waals surface area (Å²) in [5, 5.41) is 13.5. The summed E-state index contributed by atoms with van der Waals surface area (Å²) < 4.78 is 1.07. The van der Waals surface area contributed by atoms with E-state index in [0.717, 1.165) is 20.9 Å². The van der Waals surface area contributed by atoms with Crippen molar-refractivity contribution >= 4 is 33.1 Å². The van der Waals surface area contributed by atoms with E-state index in [-0.39, 0.29) is 5.54 Å². The monoisotopic (exact) mass is 326 g/mol. The molecule has 4 nitrogen and oxygen atoms in total. The molecule has 0 unspecified atom stereocenters. The summed E-state index contributed by atoms with van der Waals surface area (Å²) in [6.45, 7) is 4.58. The Morgan fingerprint density at radius 1 is 1.39 bits per heavy atom. The van der Waals surface area contributed by atoms with Crippen LogP contribution >= 0.6 is 27.3 Å². The van der Waals surface area contributed by atoms with Crippen molar-refractivity contribution in [2.75, 3.05) is 11.9 Å². The number of nitrogens with two attached hydrogens (primary N) is 1. The molecular weight excluding hydrogens is 312 g/mol. The van der Waals surface area contributed by atoms with E-state index in [4.69, 9.17) is 5.73 Å². The number of anilines is 1. The molecule has 0 bridgehead atoms. The SMILES string of the molecule is CC(C)(N)CNc1ccc(-c2cc(Br)cs2)nn1. The lowest BCUT2D eigenvalue weighted by molar-refractivity contribution is 0.548. The molecule has 0 radical (unpaired) electrons. The number of nitrogens with zero attached hydrogens (tertiary/aromatic N) is 2. The molecule has 2 rings (SSSR count). The topological polar surface area (TPSA) is 63.8 Å². The van der Waals surface area contributed by atoms with Gasteiger partial charge >= 0.3 is 0 Å². The van der Waals surface area contributed by atoms with Crippen LogP contribution in [0.25, 0.3) is 10.6 Å². The first-order valence-electron chi connectivity index (χ1n) is 5.55. The second kappa shape index (κ2) is 5.34. The highest BCUT2D eigenvalue weighted by molar-refractivity contribution is 9.10. The predicted octanol–water partition coefficient (Wildman–Crippen LogP) is 3.12. The van der Waals surface area contributed by atoms with E-state index < -0.39 is 0 Å². The first-order chi connectivity index (χ1) is 8.44. The molecular formula is C12H15BrN4S. The third-order valence-electron chi connectivity index (χ3n) is 2.21. The molecule has 2 heterocycles. The van der Waals surface area contributed by atoms with E-state index in [1.54, 1.807) is 11.3 Å². The van der Waals surface area contributed by atoms with Crippen LogP contribution in [0.1, 0.15) is 13.8 Å². The first-order valence-corrected chi connectivity index (χ1v) is 7.22. The third kappa shape index (κ3) is 3.76. The van der Waals surface area contributed by atoms with Crippen LogP contribution in [0.3, 0.4) is 0 Å². The van der Waals surface area contributed by atoms with E-state index in [2.05, 4.69) is 31.4 Å². The van der Waals surface area contributed by atoms with Gasteiger partial charge in [0.2, 0.25) is 0 Å². The lowest BCUT2D eigenvalue weighted by Crippen LogP contribution is -2.39. The van der Waals surface area contributed by atoms with Gasteiger partial charge in [0.25, 0.3) is 0 Å². The van der Waals surface area contributed by atoms with Crippen LogP contribution in [-0.4, -0.2) is 22.3 Å². The minimum Gasteiger partial charge on any atom is -0.367 e. The van der Waals surface area contributed by atoms with Crippen LogP contribution in [0, 0.1) is 0 Å². The van der Waals surface area contributed by atoms with Crippen molar-refractivity contribution in [3.8, 4) is 10.6 Å². The summed E-state index contributed by atoms with van der Waals surface area (Å²) in [6.07, 6.45) is 0. The molecule has 0 saturated heterocycles. The quantitative estimate of drug-likeness (QED) is 0.906. The maximum absolute atomic E-state index is 5.89. The number of rotatable bonds is 4. The average molecular weight is 327 g/mol. The number of hydrogen-bond donors (Lipinski definition) is 2. The van der Waals surface area contributed by atoms with Gasteiger partial charge in [-0.1, -0.05) is 0 Å². The molecule has 0 fully saturated rings. The van der Waals surface area contributed by atoms with E-state index in [9.17, 15) is 0 Å². The normalized spacial score (nSPS) is 11.6. The number of thiophene rings is 1. The second-order valence-electron chi connectivity index (χ2n) is 4.78. The minimum absolute atomic E-state index is 0.265. The maximum atomic E-state index is 5.89. The minimum atomic E-state index is -0.265. The summed E-state index contributed by atoms with van der Waals surface area (Å²) in [4.78, 5) is 1.10. The Labute approximate surface area is 119 Å². The molecule has 2 aromatic heterocycles. The molecule has 0 aliphatic rings. The molecule has 0 aromatic carbocycles. The van der Waals surface area contributed by atoms with Crippen molar-refractivity contribution < 1.29 is 0 Å². The van der Waals surface area contributed by atoms with Crippen molar-refractivity contribution in [3.05, 3.63) is 28.1 Å². The molecule has 0 amide bonds. The maximum Gasteiger partial charge on any atom is 0.148 e. The third-order valence-corrected chi connectivity index (χ3v) is 3.92. The van der Waals surface area contributed by atoms with Crippen molar-refractivity contribution in [2.24, 2.45) is 5.73 Å². The van der Waals surface area contributed by atoms with Crippen molar-refractivity contribution in [1.82, 2.24) is 10.2 Å². The zero-order chi connectivity index (χ0) is 13.2. The Balaban J connectivity index is 2.06. The number of halogens is 1. The van der Waals surface area contributed by atoms with E-state index in [1.807, 2.05) is 37.4 Å². The Bertz CT molecular complexity index is 516. The highest BCUT2D eigenvalue weighted by Gasteiger charge is 2.10. The second-order valence-corrected chi connectivity index (χ2v) is 6.60. The summed E-state index contributed by atoms with van der Waals surface area (Å²) in [5.41, 5.74) is 6.51. The van der Waals surface area contributed by atoms with Crippen molar-refractivity contribution in [1.29, 1.82) is 0 Å². The summed E-state index contributed by atoms with van der Waals surface area (Å²) in [7, 11) is 0. The molecule has 0 atom stereocenters. The van der Waals surface area contributed by atoms with E-state index in [1.165, 1.54) is 0 Å². The zero-order valence-electron chi connectivity index (χ0n) is 10.3. The first kappa shape index (κ1) is 13.5. The van der Waals surface area contributed by atoms with Crippen LogP contribution in [0.4, 0.5) is 5.82 Å². The standard InChI is InChI=1S/C12H15BrN4S/c1-12(2,14)7-15-11-4-3-9(16-17-11)10-5-8(13)6-18-10/h3-6H,7,14H2,1-2H3,(H,15,17). The fourth-order valence-corrected chi connectivity index (χ4v) is 2.72. The molecule has 0 spiro atoms. The Kier molecular flexibility index (Phi) is 3.99. The number of hydrogen-bond acceptors (Lipinski definition) is 5. The Hall–Kier alpha value is -0.980. The highest BCUT2D eigenvalue weighted by atomic mass is 79.9. The fraction of sp³-hybridized carbons (Fsp3) is 0.333. The summed E-state index contributed by atoms with van der Waals surface area (Å²) in [5.74, 6) is 0.743. The van der Waals surface area contributed by atoms with Gasteiger partial charge in [0.15, 0.2) is 0 Å². The molecule has 6 heteroatoms. The summed E-state index contributed by atoms with van der Waals surface area (Å²) >= 11 is 5.06. The van der Waals surface area contributed by atoms with Gasteiger partial charge in [0, 0.05) is 21.9 Å². The van der Waals surface area contributed by atoms with Gasteiger partial charge in [-0.2, -0.15) is 0 Å². The van der Waals surface area contributed by atoms with Crippen molar-refractivity contribution in [2.45, 2.75) is 19.4 Å². The molecule has 0 saturated carbocycles. The molecule has 96 valence electrons. The van der Waals surface area contributed by atoms with Crippen LogP contribution in [0.2, 0.25) is 0 Å². The Morgan fingerprint density at radius 2 is 2.17 bits per heavy atom. The molecule has 18 heavy (non-hydrogen) atoms. The van der Waals surface area contributed by atoms with Crippen molar-refractivity contribution in [3.63, 3.8) is 0 Å². The molecule has 3 N–H and O–H groups in total. The smallest absolute Gasteiger partial charge is 0.148 e. The van der Waals surface area contributed by atoms with Gasteiger partial charge in [-0.3, -0.25) is 0 Å². The van der Waals surface area contributed by atoms with Gasteiger partial charge < -0.3 is 11.1 Å². The van der Waals surface area contributed by atoms with Gasteiger partial charge in [-0.15, -0.1) is 21.5 Å². The summed E-state index contributed by atoms with van der Waals surface area (Å²) in [6, 6.07) is 5.91. The van der Waals surface area contributed by atoms with Gasteiger partial charge in [0.05, 0.1) is 4.88 Å². The van der Waals surface area contributed by atoms with Gasteiger partial charge in [-0.25, -0.2) is 0 Å². The lowest BCUT2D eigenvalue weighted by atomic mass is 10.1. The molecule has 0 aliphatic carbocycles. The van der Waals surface area contributed by atoms with Crippen LogP contribution < -0.4 is 11.1 Å². The van der Waals surface area contributed by atoms with Crippen LogP contribution in [0.5, 0.6) is 0 Å². The highest BCUT2D eigenvalue weighted by Crippen LogP contribution is 2.28. The lowest BCUT2D eigenvalue weighted by Gasteiger charge is -2.18. The average Bonchev–Trinajstić information content (AvgIpc) is 2.73.